The zero-order valence-corrected chi connectivity index (χ0v) is 15.1. The standard InChI is InChI=1S/C14H23N3O3S.ClH/c1-10-6-7-11(16-13(18)9-15-5)8-12(10)21(19,20)17-14(2,3)4;/h6-8,15,17H,9H2,1-5H3,(H,16,18);1H. The van der Waals surface area contributed by atoms with Gasteiger partial charge in [-0.05, 0) is 52.4 Å². The number of carbonyl (C=O) groups excluding carboxylic acids is 1. The summed E-state index contributed by atoms with van der Waals surface area (Å²) >= 11 is 0. The zero-order chi connectivity index (χ0) is 16.3. The first kappa shape index (κ1) is 20.9. The van der Waals surface area contributed by atoms with E-state index in [1.807, 2.05) is 0 Å². The van der Waals surface area contributed by atoms with Crippen molar-refractivity contribution < 1.29 is 13.2 Å². The highest BCUT2D eigenvalue weighted by atomic mass is 35.5. The number of nitrogens with one attached hydrogen (secondary N) is 3. The molecule has 0 aromatic heterocycles. The summed E-state index contributed by atoms with van der Waals surface area (Å²) < 4.78 is 27.4. The van der Waals surface area contributed by atoms with E-state index >= 15 is 0 Å². The molecule has 0 aliphatic carbocycles. The largest absolute Gasteiger partial charge is 0.325 e. The Morgan fingerprint density at radius 3 is 2.32 bits per heavy atom. The van der Waals surface area contributed by atoms with Gasteiger partial charge in [0.15, 0.2) is 0 Å². The fourth-order valence-corrected chi connectivity index (χ4v) is 3.48. The number of anilines is 1. The number of hydrogen-bond donors (Lipinski definition) is 3. The number of sulfonamides is 1. The van der Waals surface area contributed by atoms with Crippen LogP contribution >= 0.6 is 12.4 Å². The van der Waals surface area contributed by atoms with E-state index in [2.05, 4.69) is 15.4 Å². The van der Waals surface area contributed by atoms with Gasteiger partial charge in [0.25, 0.3) is 0 Å². The summed E-state index contributed by atoms with van der Waals surface area (Å²) in [6.45, 7) is 7.21. The van der Waals surface area contributed by atoms with Crippen LogP contribution in [0, 0.1) is 6.92 Å². The molecule has 3 N–H and O–H groups in total. The average Bonchev–Trinajstić information content (AvgIpc) is 2.28. The minimum absolute atomic E-state index is 0. The summed E-state index contributed by atoms with van der Waals surface area (Å²) in [5, 5.41) is 5.38. The SMILES string of the molecule is CNCC(=O)Nc1ccc(C)c(S(=O)(=O)NC(C)(C)C)c1.Cl. The van der Waals surface area contributed by atoms with Crippen LogP contribution in [0.25, 0.3) is 0 Å². The first-order valence-corrected chi connectivity index (χ1v) is 8.12. The lowest BCUT2D eigenvalue weighted by Crippen LogP contribution is -2.40. The van der Waals surface area contributed by atoms with Gasteiger partial charge >= 0.3 is 0 Å². The van der Waals surface area contributed by atoms with Crippen molar-refractivity contribution in [2.45, 2.75) is 38.1 Å². The van der Waals surface area contributed by atoms with Crippen LogP contribution < -0.4 is 15.4 Å². The van der Waals surface area contributed by atoms with Crippen LogP contribution in [-0.2, 0) is 14.8 Å². The van der Waals surface area contributed by atoms with Gasteiger partial charge < -0.3 is 10.6 Å². The highest BCUT2D eigenvalue weighted by Gasteiger charge is 2.23. The molecule has 0 atom stereocenters. The van der Waals surface area contributed by atoms with E-state index in [9.17, 15) is 13.2 Å². The van der Waals surface area contributed by atoms with Crippen molar-refractivity contribution in [2.75, 3.05) is 18.9 Å². The lowest BCUT2D eigenvalue weighted by Gasteiger charge is -2.21. The van der Waals surface area contributed by atoms with Gasteiger partial charge in [-0.3, -0.25) is 4.79 Å². The Morgan fingerprint density at radius 1 is 1.23 bits per heavy atom. The summed E-state index contributed by atoms with van der Waals surface area (Å²) in [6, 6.07) is 4.82. The molecule has 0 radical (unpaired) electrons. The lowest BCUT2D eigenvalue weighted by molar-refractivity contribution is -0.115. The third-order valence-corrected chi connectivity index (χ3v) is 4.44. The maximum atomic E-state index is 12.4. The molecular weight excluding hydrogens is 326 g/mol. The monoisotopic (exact) mass is 349 g/mol. The first-order valence-electron chi connectivity index (χ1n) is 6.64. The zero-order valence-electron chi connectivity index (χ0n) is 13.5. The average molecular weight is 350 g/mol. The summed E-state index contributed by atoms with van der Waals surface area (Å²) in [6.07, 6.45) is 0. The van der Waals surface area contributed by atoms with Gasteiger partial charge in [-0.25, -0.2) is 13.1 Å². The van der Waals surface area contributed by atoms with E-state index in [4.69, 9.17) is 0 Å². The molecule has 0 unspecified atom stereocenters. The molecule has 0 aliphatic heterocycles. The molecule has 0 saturated heterocycles. The predicted molar refractivity (Wildman–Crippen MR) is 91.1 cm³/mol. The van der Waals surface area contributed by atoms with Gasteiger partial charge in [-0.1, -0.05) is 6.07 Å². The van der Waals surface area contributed by atoms with Gasteiger partial charge in [0.2, 0.25) is 15.9 Å². The van der Waals surface area contributed by atoms with Crippen molar-refractivity contribution in [1.29, 1.82) is 0 Å². The molecule has 1 aromatic carbocycles. The second-order valence-corrected chi connectivity index (χ2v) is 7.57. The molecule has 0 saturated carbocycles. The van der Waals surface area contributed by atoms with Crippen LogP contribution in [0.2, 0.25) is 0 Å². The maximum Gasteiger partial charge on any atom is 0.241 e. The minimum atomic E-state index is -3.64. The molecule has 0 heterocycles. The molecular formula is C14H24ClN3O3S. The van der Waals surface area contributed by atoms with E-state index in [-0.39, 0.29) is 29.8 Å². The predicted octanol–water partition coefficient (Wildman–Crippen LogP) is 1.65. The summed E-state index contributed by atoms with van der Waals surface area (Å²) in [5.74, 6) is -0.228. The van der Waals surface area contributed by atoms with Crippen molar-refractivity contribution >= 4 is 34.0 Å². The molecule has 1 aromatic rings. The quantitative estimate of drug-likeness (QED) is 0.754. The summed E-state index contributed by atoms with van der Waals surface area (Å²) in [4.78, 5) is 11.7. The molecule has 0 fully saturated rings. The van der Waals surface area contributed by atoms with Gasteiger partial charge in [-0.2, -0.15) is 0 Å². The number of benzene rings is 1. The number of amides is 1. The Morgan fingerprint density at radius 2 is 1.82 bits per heavy atom. The van der Waals surface area contributed by atoms with Crippen LogP contribution in [0.3, 0.4) is 0 Å². The molecule has 1 rings (SSSR count). The normalized spacial score (nSPS) is 11.7. The Kier molecular flexibility index (Phi) is 7.50. The maximum absolute atomic E-state index is 12.4. The lowest BCUT2D eigenvalue weighted by atomic mass is 10.1. The van der Waals surface area contributed by atoms with Crippen molar-refractivity contribution in [3.05, 3.63) is 23.8 Å². The van der Waals surface area contributed by atoms with Gasteiger partial charge in [0, 0.05) is 11.2 Å². The second kappa shape index (κ2) is 7.92. The van der Waals surface area contributed by atoms with E-state index in [0.29, 0.717) is 11.3 Å². The molecule has 0 aliphatic rings. The number of hydrogen-bond acceptors (Lipinski definition) is 4. The fraction of sp³-hybridized carbons (Fsp3) is 0.500. The highest BCUT2D eigenvalue weighted by molar-refractivity contribution is 7.89. The first-order chi connectivity index (χ1) is 9.55. The Balaban J connectivity index is 0.00000441. The van der Waals surface area contributed by atoms with Crippen molar-refractivity contribution in [3.8, 4) is 0 Å². The molecule has 0 spiro atoms. The molecule has 8 heteroatoms. The third kappa shape index (κ3) is 6.31. The van der Waals surface area contributed by atoms with Crippen molar-refractivity contribution in [3.63, 3.8) is 0 Å². The number of carbonyl (C=O) groups is 1. The Labute approximate surface area is 138 Å². The van der Waals surface area contributed by atoms with Crippen LogP contribution in [0.15, 0.2) is 23.1 Å². The molecule has 22 heavy (non-hydrogen) atoms. The number of likely N-dealkylation sites (N-methyl/N-ethyl adjacent to an activating group) is 1. The van der Waals surface area contributed by atoms with E-state index in [0.717, 1.165) is 0 Å². The third-order valence-electron chi connectivity index (χ3n) is 2.54. The molecule has 1 amide bonds. The minimum Gasteiger partial charge on any atom is -0.325 e. The Bertz CT molecular complexity index is 625. The van der Waals surface area contributed by atoms with Crippen LogP contribution in [-0.4, -0.2) is 33.5 Å². The second-order valence-electron chi connectivity index (χ2n) is 5.91. The fourth-order valence-electron chi connectivity index (χ4n) is 1.79. The topological polar surface area (TPSA) is 87.3 Å². The summed E-state index contributed by atoms with van der Waals surface area (Å²) in [5.41, 5.74) is 0.505. The smallest absolute Gasteiger partial charge is 0.241 e. The van der Waals surface area contributed by atoms with Crippen molar-refractivity contribution in [1.82, 2.24) is 10.0 Å². The van der Waals surface area contributed by atoms with E-state index in [1.165, 1.54) is 6.07 Å². The van der Waals surface area contributed by atoms with Gasteiger partial charge in [0.05, 0.1) is 11.4 Å². The van der Waals surface area contributed by atoms with Crippen LogP contribution in [0.4, 0.5) is 5.69 Å². The van der Waals surface area contributed by atoms with Gasteiger partial charge in [0.1, 0.15) is 0 Å². The van der Waals surface area contributed by atoms with Crippen molar-refractivity contribution in [2.24, 2.45) is 0 Å². The van der Waals surface area contributed by atoms with Crippen LogP contribution in [0.1, 0.15) is 26.3 Å². The van der Waals surface area contributed by atoms with Crippen LogP contribution in [0.5, 0.6) is 0 Å². The van der Waals surface area contributed by atoms with E-state index < -0.39 is 15.6 Å². The highest BCUT2D eigenvalue weighted by Crippen LogP contribution is 2.21. The van der Waals surface area contributed by atoms with E-state index in [1.54, 1.807) is 46.9 Å². The number of halogens is 1. The molecule has 126 valence electrons. The molecule has 0 bridgehead atoms. The molecule has 6 nitrogen and oxygen atoms in total. The number of aryl methyl sites for hydroxylation is 1. The van der Waals surface area contributed by atoms with Gasteiger partial charge in [-0.15, -0.1) is 12.4 Å². The summed E-state index contributed by atoms with van der Waals surface area (Å²) in [7, 11) is -1.97. The number of rotatable bonds is 5. The Hall–Kier alpha value is -1.15.